The highest BCUT2D eigenvalue weighted by Gasteiger charge is 2.39. The van der Waals surface area contributed by atoms with Crippen LogP contribution in [0.1, 0.15) is 55.6 Å². The first-order valence-corrected chi connectivity index (χ1v) is 8.75. The molecule has 1 aromatic carbocycles. The third-order valence-corrected chi connectivity index (χ3v) is 5.46. The highest BCUT2D eigenvalue weighted by Crippen LogP contribution is 2.39. The summed E-state index contributed by atoms with van der Waals surface area (Å²) in [5.41, 5.74) is 0.411. The Balaban J connectivity index is 1.62. The molecule has 2 fully saturated rings. The minimum absolute atomic E-state index is 0.00962. The van der Waals surface area contributed by atoms with Gasteiger partial charge in [0.05, 0.1) is 18.7 Å². The summed E-state index contributed by atoms with van der Waals surface area (Å²) < 4.78 is 29.2. The van der Waals surface area contributed by atoms with Gasteiger partial charge < -0.3 is 5.11 Å². The van der Waals surface area contributed by atoms with Crippen molar-refractivity contribution in [1.82, 2.24) is 25.1 Å². The van der Waals surface area contributed by atoms with Crippen LogP contribution in [0.3, 0.4) is 0 Å². The fourth-order valence-electron chi connectivity index (χ4n) is 3.81. The summed E-state index contributed by atoms with van der Waals surface area (Å²) in [5.74, 6) is -0.379. The third kappa shape index (κ3) is 3.04. The molecule has 0 spiro atoms. The fourth-order valence-corrected chi connectivity index (χ4v) is 3.81. The number of hydrogen-bond acceptors (Lipinski definition) is 5. The van der Waals surface area contributed by atoms with E-state index in [1.807, 2.05) is 9.58 Å². The molecule has 2 aliphatic rings. The molecule has 0 radical (unpaired) electrons. The highest BCUT2D eigenvalue weighted by molar-refractivity contribution is 5.19. The van der Waals surface area contributed by atoms with Gasteiger partial charge in [0, 0.05) is 24.2 Å². The molecule has 0 unspecified atom stereocenters. The minimum Gasteiger partial charge on any atom is -0.395 e. The van der Waals surface area contributed by atoms with Crippen LogP contribution < -0.4 is 0 Å². The summed E-state index contributed by atoms with van der Waals surface area (Å²) in [6.45, 7) is 0.282. The number of nitrogens with zero attached hydrogens (tertiary/aromatic N) is 5. The van der Waals surface area contributed by atoms with Crippen molar-refractivity contribution >= 4 is 0 Å². The zero-order valence-electron chi connectivity index (χ0n) is 13.9. The molecule has 4 rings (SSSR count). The number of likely N-dealkylation sites (tertiary alicyclic amines) is 1. The molecule has 1 N–H and O–H groups in total. The van der Waals surface area contributed by atoms with Crippen molar-refractivity contribution in [3.05, 3.63) is 41.2 Å². The lowest BCUT2D eigenvalue weighted by atomic mass is 9.93. The van der Waals surface area contributed by atoms with Gasteiger partial charge in [-0.1, -0.05) is 6.07 Å². The van der Waals surface area contributed by atoms with Gasteiger partial charge in [0.1, 0.15) is 11.6 Å². The van der Waals surface area contributed by atoms with Crippen LogP contribution in [0.4, 0.5) is 8.78 Å². The van der Waals surface area contributed by atoms with E-state index in [-0.39, 0.29) is 18.7 Å². The number of rotatable bonds is 5. The van der Waals surface area contributed by atoms with Crippen molar-refractivity contribution in [3.63, 3.8) is 0 Å². The average Bonchev–Trinajstić information content (AvgIpc) is 3.15. The molecule has 1 saturated heterocycles. The number of aromatic nitrogens is 4. The van der Waals surface area contributed by atoms with Gasteiger partial charge in [0.2, 0.25) is 0 Å². The number of halogens is 2. The fraction of sp³-hybridized carbons (Fsp3) is 0.588. The molecule has 2 atom stereocenters. The predicted octanol–water partition coefficient (Wildman–Crippen LogP) is 2.37. The standard InChI is InChI=1S/C17H21F2N5O/c18-12-5-4-11(15(19)8-12)9-23-14(10-25)6-7-16(23)17-20-21-22-24(17)13-2-1-3-13/h4-5,8,13-14,16,25H,1-3,6-7,9-10H2/t14-,16-/m0/s1. The summed E-state index contributed by atoms with van der Waals surface area (Å²) in [4.78, 5) is 2.04. The van der Waals surface area contributed by atoms with E-state index in [0.717, 1.165) is 37.6 Å². The summed E-state index contributed by atoms with van der Waals surface area (Å²) >= 11 is 0. The normalized spacial score (nSPS) is 24.6. The van der Waals surface area contributed by atoms with Crippen LogP contribution >= 0.6 is 0 Å². The first-order chi connectivity index (χ1) is 12.2. The van der Waals surface area contributed by atoms with E-state index in [4.69, 9.17) is 0 Å². The van der Waals surface area contributed by atoms with E-state index in [0.29, 0.717) is 18.2 Å². The first-order valence-electron chi connectivity index (χ1n) is 8.75. The lowest BCUT2D eigenvalue weighted by Crippen LogP contribution is -2.35. The van der Waals surface area contributed by atoms with Gasteiger partial charge in [-0.2, -0.15) is 0 Å². The number of benzene rings is 1. The largest absolute Gasteiger partial charge is 0.395 e. The maximum absolute atomic E-state index is 14.1. The molecule has 1 saturated carbocycles. The Labute approximate surface area is 144 Å². The molecular weight excluding hydrogens is 328 g/mol. The topological polar surface area (TPSA) is 67.1 Å². The van der Waals surface area contributed by atoms with E-state index in [2.05, 4.69) is 15.5 Å². The predicted molar refractivity (Wildman–Crippen MR) is 85.5 cm³/mol. The van der Waals surface area contributed by atoms with E-state index < -0.39 is 11.6 Å². The lowest BCUT2D eigenvalue weighted by molar-refractivity contribution is 0.113. The number of hydrogen-bond donors (Lipinski definition) is 1. The lowest BCUT2D eigenvalue weighted by Gasteiger charge is -2.31. The zero-order chi connectivity index (χ0) is 17.4. The number of aliphatic hydroxyl groups is 1. The molecule has 1 aromatic heterocycles. The van der Waals surface area contributed by atoms with E-state index in [1.165, 1.54) is 18.6 Å². The molecule has 2 aromatic rings. The molecule has 8 heteroatoms. The number of tetrazole rings is 1. The summed E-state index contributed by atoms with van der Waals surface area (Å²) in [6, 6.07) is 3.80. The van der Waals surface area contributed by atoms with Crippen molar-refractivity contribution < 1.29 is 13.9 Å². The number of aliphatic hydroxyl groups excluding tert-OH is 1. The van der Waals surface area contributed by atoms with Crippen molar-refractivity contribution in [2.45, 2.75) is 56.8 Å². The second kappa shape index (κ2) is 6.76. The Morgan fingerprint density at radius 1 is 1.16 bits per heavy atom. The zero-order valence-corrected chi connectivity index (χ0v) is 13.9. The van der Waals surface area contributed by atoms with Crippen molar-refractivity contribution in [1.29, 1.82) is 0 Å². The van der Waals surface area contributed by atoms with Gasteiger partial charge in [0.25, 0.3) is 0 Å². The van der Waals surface area contributed by atoms with Gasteiger partial charge in [-0.3, -0.25) is 4.90 Å². The van der Waals surface area contributed by atoms with Gasteiger partial charge in [-0.15, -0.1) is 5.10 Å². The van der Waals surface area contributed by atoms with E-state index in [9.17, 15) is 13.9 Å². The minimum atomic E-state index is -0.591. The van der Waals surface area contributed by atoms with Gasteiger partial charge in [0.15, 0.2) is 5.82 Å². The Bertz CT molecular complexity index is 748. The monoisotopic (exact) mass is 349 g/mol. The van der Waals surface area contributed by atoms with Crippen LogP contribution in [0.15, 0.2) is 18.2 Å². The van der Waals surface area contributed by atoms with Gasteiger partial charge >= 0.3 is 0 Å². The molecule has 2 heterocycles. The quantitative estimate of drug-likeness (QED) is 0.898. The first kappa shape index (κ1) is 16.5. The van der Waals surface area contributed by atoms with Crippen LogP contribution in [-0.2, 0) is 6.54 Å². The molecule has 25 heavy (non-hydrogen) atoms. The van der Waals surface area contributed by atoms with Gasteiger partial charge in [-0.05, 0) is 48.6 Å². The van der Waals surface area contributed by atoms with E-state index >= 15 is 0 Å². The molecule has 6 nitrogen and oxygen atoms in total. The van der Waals surface area contributed by atoms with Gasteiger partial charge in [-0.25, -0.2) is 13.5 Å². The third-order valence-electron chi connectivity index (χ3n) is 5.46. The second-order valence-electron chi connectivity index (χ2n) is 6.90. The molecule has 1 aliphatic carbocycles. The maximum atomic E-state index is 14.1. The van der Waals surface area contributed by atoms with E-state index in [1.54, 1.807) is 0 Å². The van der Waals surface area contributed by atoms with Crippen molar-refractivity contribution in [3.8, 4) is 0 Å². The Hall–Kier alpha value is -1.93. The van der Waals surface area contributed by atoms with Crippen molar-refractivity contribution in [2.75, 3.05) is 6.61 Å². The molecule has 0 bridgehead atoms. The Kier molecular flexibility index (Phi) is 4.47. The molecule has 1 aliphatic heterocycles. The summed E-state index contributed by atoms with van der Waals surface area (Å²) in [6.07, 6.45) is 4.92. The second-order valence-corrected chi connectivity index (χ2v) is 6.90. The van der Waals surface area contributed by atoms with Crippen LogP contribution in [0, 0.1) is 11.6 Å². The summed E-state index contributed by atoms with van der Waals surface area (Å²) in [5, 5.41) is 21.9. The SMILES string of the molecule is OC[C@@H]1CC[C@@H](c2nnnn2C2CCC2)N1Cc1ccc(F)cc1F. The van der Waals surface area contributed by atoms with Crippen LogP contribution in [0.5, 0.6) is 0 Å². The Morgan fingerprint density at radius 2 is 2.00 bits per heavy atom. The average molecular weight is 349 g/mol. The summed E-state index contributed by atoms with van der Waals surface area (Å²) in [7, 11) is 0. The molecule has 0 amide bonds. The van der Waals surface area contributed by atoms with Crippen LogP contribution in [0.25, 0.3) is 0 Å². The molecular formula is C17H21F2N5O. The highest BCUT2D eigenvalue weighted by atomic mass is 19.1. The van der Waals surface area contributed by atoms with Crippen LogP contribution in [-0.4, -0.2) is 42.9 Å². The molecule has 134 valence electrons. The van der Waals surface area contributed by atoms with Crippen LogP contribution in [0.2, 0.25) is 0 Å². The Morgan fingerprint density at radius 3 is 2.68 bits per heavy atom. The smallest absolute Gasteiger partial charge is 0.168 e. The maximum Gasteiger partial charge on any atom is 0.168 e. The van der Waals surface area contributed by atoms with Crippen molar-refractivity contribution in [2.24, 2.45) is 0 Å².